The van der Waals surface area contributed by atoms with Crippen molar-refractivity contribution in [1.29, 1.82) is 0 Å². The molecule has 0 spiro atoms. The van der Waals surface area contributed by atoms with Gasteiger partial charge < -0.3 is 5.32 Å². The van der Waals surface area contributed by atoms with E-state index in [1.807, 2.05) is 20.8 Å². The molecule has 28 heavy (non-hydrogen) atoms. The molecular weight excluding hydrogens is 382 g/mol. The molecule has 1 saturated heterocycles. The van der Waals surface area contributed by atoms with Crippen molar-refractivity contribution in [2.24, 2.45) is 11.8 Å². The molecule has 0 saturated carbocycles. The molecule has 1 unspecified atom stereocenters. The molecule has 2 aromatic heterocycles. The van der Waals surface area contributed by atoms with Gasteiger partial charge in [-0.1, -0.05) is 13.8 Å². The van der Waals surface area contributed by atoms with Crippen LogP contribution in [0.1, 0.15) is 44.1 Å². The van der Waals surface area contributed by atoms with Gasteiger partial charge in [0, 0.05) is 36.8 Å². The highest BCUT2D eigenvalue weighted by molar-refractivity contribution is 7.88. The number of rotatable bonds is 5. The number of fused-ring (bicyclic) bond motifs is 1. The van der Waals surface area contributed by atoms with E-state index < -0.39 is 16.1 Å². The van der Waals surface area contributed by atoms with Crippen LogP contribution in [0.3, 0.4) is 0 Å². The number of aromatic amines is 1. The molecular formula is C18H27N5O4S. The predicted octanol–water partition coefficient (Wildman–Crippen LogP) is 0.816. The Labute approximate surface area is 164 Å². The Morgan fingerprint density at radius 1 is 1.29 bits per heavy atom. The summed E-state index contributed by atoms with van der Waals surface area (Å²) in [4.78, 5) is 29.7. The number of piperidine rings is 1. The lowest BCUT2D eigenvalue weighted by Gasteiger charge is -2.31. The first-order valence-corrected chi connectivity index (χ1v) is 11.3. The van der Waals surface area contributed by atoms with Gasteiger partial charge in [0.1, 0.15) is 0 Å². The molecule has 2 N–H and O–H groups in total. The molecule has 1 fully saturated rings. The molecule has 0 bridgehead atoms. The number of hydrogen-bond donors (Lipinski definition) is 2. The van der Waals surface area contributed by atoms with Crippen LogP contribution in [0.5, 0.6) is 0 Å². The average Bonchev–Trinajstić information content (AvgIpc) is 2.99. The normalized spacial score (nSPS) is 17.9. The summed E-state index contributed by atoms with van der Waals surface area (Å²) in [5, 5.41) is 5.96. The zero-order chi connectivity index (χ0) is 20.6. The summed E-state index contributed by atoms with van der Waals surface area (Å²) in [7, 11) is -3.23. The third-order valence-corrected chi connectivity index (χ3v) is 6.48. The smallest absolute Gasteiger partial charge is 0.272 e. The van der Waals surface area contributed by atoms with Crippen molar-refractivity contribution < 1.29 is 13.2 Å². The topological polar surface area (TPSA) is 117 Å². The van der Waals surface area contributed by atoms with E-state index in [4.69, 9.17) is 0 Å². The van der Waals surface area contributed by atoms with Gasteiger partial charge in [-0.05, 0) is 25.7 Å². The first kappa shape index (κ1) is 20.5. The zero-order valence-corrected chi connectivity index (χ0v) is 17.4. The highest BCUT2D eigenvalue weighted by Crippen LogP contribution is 2.24. The predicted molar refractivity (Wildman–Crippen MR) is 105 cm³/mol. The van der Waals surface area contributed by atoms with Gasteiger partial charge in [-0.25, -0.2) is 22.2 Å². The van der Waals surface area contributed by atoms with Gasteiger partial charge in [-0.2, -0.15) is 0 Å². The quantitative estimate of drug-likeness (QED) is 0.758. The van der Waals surface area contributed by atoms with Crippen molar-refractivity contribution in [3.05, 3.63) is 33.9 Å². The van der Waals surface area contributed by atoms with Gasteiger partial charge >= 0.3 is 0 Å². The fourth-order valence-electron chi connectivity index (χ4n) is 3.59. The lowest BCUT2D eigenvalue weighted by molar-refractivity contribution is -0.127. The summed E-state index contributed by atoms with van der Waals surface area (Å²) in [6.07, 6.45) is 2.15. The van der Waals surface area contributed by atoms with Gasteiger partial charge in [-0.3, -0.25) is 14.7 Å². The van der Waals surface area contributed by atoms with Gasteiger partial charge in [0.2, 0.25) is 15.9 Å². The number of nitrogens with zero attached hydrogens (tertiary/aromatic N) is 3. The van der Waals surface area contributed by atoms with E-state index in [2.05, 4.69) is 15.4 Å². The van der Waals surface area contributed by atoms with E-state index in [1.165, 1.54) is 21.1 Å². The Kier molecular flexibility index (Phi) is 5.62. The fraction of sp³-hybridized carbons (Fsp3) is 0.611. The summed E-state index contributed by atoms with van der Waals surface area (Å²) in [6, 6.07) is 2.83. The molecule has 154 valence electrons. The van der Waals surface area contributed by atoms with E-state index in [1.54, 1.807) is 6.07 Å². The number of carbonyl (C=O) groups is 1. The summed E-state index contributed by atoms with van der Waals surface area (Å²) in [6.45, 7) is 6.46. The average molecular weight is 410 g/mol. The minimum absolute atomic E-state index is 0.0365. The third kappa shape index (κ3) is 4.27. The number of aryl methyl sites for hydroxylation is 1. The van der Waals surface area contributed by atoms with Crippen molar-refractivity contribution in [2.75, 3.05) is 19.3 Å². The van der Waals surface area contributed by atoms with Crippen LogP contribution in [0.4, 0.5) is 0 Å². The monoisotopic (exact) mass is 409 g/mol. The second-order valence-corrected chi connectivity index (χ2v) is 9.80. The number of aromatic nitrogens is 3. The van der Waals surface area contributed by atoms with Crippen LogP contribution < -0.4 is 10.9 Å². The van der Waals surface area contributed by atoms with Gasteiger partial charge in [0.25, 0.3) is 5.56 Å². The lowest BCUT2D eigenvalue weighted by Crippen LogP contribution is -2.44. The molecule has 0 radical (unpaired) electrons. The number of carbonyl (C=O) groups excluding carboxylic acids is 1. The summed E-state index contributed by atoms with van der Waals surface area (Å²) >= 11 is 0. The molecule has 1 aliphatic rings. The molecule has 3 rings (SSSR count). The first-order valence-electron chi connectivity index (χ1n) is 9.41. The van der Waals surface area contributed by atoms with Crippen molar-refractivity contribution in [3.63, 3.8) is 0 Å². The summed E-state index contributed by atoms with van der Waals surface area (Å²) in [5.74, 6) is -0.341. The SMILES string of the molecule is Cc1cc2nc(C(NC(=O)C3CCN(S(C)(=O)=O)CC3)C(C)C)cc(=O)n2[nH]1. The Bertz CT molecular complexity index is 1030. The number of amides is 1. The Hall–Kier alpha value is -2.20. The maximum absolute atomic E-state index is 12.8. The van der Waals surface area contributed by atoms with Gasteiger partial charge in [0.15, 0.2) is 5.65 Å². The van der Waals surface area contributed by atoms with Crippen LogP contribution in [0.15, 0.2) is 16.9 Å². The van der Waals surface area contributed by atoms with Crippen molar-refractivity contribution in [1.82, 2.24) is 24.2 Å². The molecule has 1 aliphatic heterocycles. The fourth-order valence-corrected chi connectivity index (χ4v) is 4.47. The number of nitrogens with one attached hydrogen (secondary N) is 2. The zero-order valence-electron chi connectivity index (χ0n) is 16.6. The molecule has 3 heterocycles. The summed E-state index contributed by atoms with van der Waals surface area (Å²) < 4.78 is 26.1. The van der Waals surface area contributed by atoms with Crippen molar-refractivity contribution in [2.45, 2.75) is 39.7 Å². The van der Waals surface area contributed by atoms with Gasteiger partial charge in [0.05, 0.1) is 18.0 Å². The van der Waals surface area contributed by atoms with E-state index in [0.29, 0.717) is 37.3 Å². The Morgan fingerprint density at radius 3 is 2.50 bits per heavy atom. The molecule has 2 aromatic rings. The number of sulfonamides is 1. The van der Waals surface area contributed by atoms with Crippen LogP contribution in [0, 0.1) is 18.8 Å². The first-order chi connectivity index (χ1) is 13.1. The second-order valence-electron chi connectivity index (χ2n) is 7.82. The van der Waals surface area contributed by atoms with Gasteiger partial charge in [-0.15, -0.1) is 0 Å². The van der Waals surface area contributed by atoms with Crippen LogP contribution in [0.25, 0.3) is 5.65 Å². The molecule has 0 aromatic carbocycles. The van der Waals surface area contributed by atoms with E-state index in [9.17, 15) is 18.0 Å². The Balaban J connectivity index is 1.77. The largest absolute Gasteiger partial charge is 0.347 e. The standard InChI is InChI=1S/C18H27N5O4S/c1-11(2)17(14-10-16(24)23-15(19-14)9-12(3)21-23)20-18(25)13-5-7-22(8-6-13)28(4,26)27/h9-11,13,17,21H,5-8H2,1-4H3,(H,20,25). The molecule has 9 nitrogen and oxygen atoms in total. The maximum Gasteiger partial charge on any atom is 0.272 e. The van der Waals surface area contributed by atoms with Crippen LogP contribution >= 0.6 is 0 Å². The maximum atomic E-state index is 12.8. The lowest BCUT2D eigenvalue weighted by atomic mass is 9.94. The highest BCUT2D eigenvalue weighted by atomic mass is 32.2. The molecule has 10 heteroatoms. The van der Waals surface area contributed by atoms with Crippen LogP contribution in [-0.2, 0) is 14.8 Å². The molecule has 0 aliphatic carbocycles. The highest BCUT2D eigenvalue weighted by Gasteiger charge is 2.31. The number of H-pyrrole nitrogens is 1. The molecule has 1 amide bonds. The van der Waals surface area contributed by atoms with E-state index in [-0.39, 0.29) is 23.3 Å². The van der Waals surface area contributed by atoms with E-state index >= 15 is 0 Å². The van der Waals surface area contributed by atoms with Crippen LogP contribution in [0.2, 0.25) is 0 Å². The minimum atomic E-state index is -3.23. The van der Waals surface area contributed by atoms with Crippen molar-refractivity contribution >= 4 is 21.6 Å². The third-order valence-electron chi connectivity index (χ3n) is 5.18. The summed E-state index contributed by atoms with van der Waals surface area (Å²) in [5.41, 5.74) is 1.64. The van der Waals surface area contributed by atoms with E-state index in [0.717, 1.165) is 5.69 Å². The number of hydrogen-bond acceptors (Lipinski definition) is 5. The second kappa shape index (κ2) is 7.67. The van der Waals surface area contributed by atoms with Crippen LogP contribution in [-0.4, -0.2) is 52.6 Å². The minimum Gasteiger partial charge on any atom is -0.347 e. The molecule has 1 atom stereocenters. The van der Waals surface area contributed by atoms with Crippen molar-refractivity contribution in [3.8, 4) is 0 Å². The Morgan fingerprint density at radius 2 is 1.93 bits per heavy atom.